The molecule has 0 bridgehead atoms. The van der Waals surface area contributed by atoms with Gasteiger partial charge in [0.2, 0.25) is 5.91 Å². The van der Waals surface area contributed by atoms with Crippen molar-refractivity contribution in [1.29, 1.82) is 0 Å². The van der Waals surface area contributed by atoms with Crippen molar-refractivity contribution in [3.05, 3.63) is 0 Å². The van der Waals surface area contributed by atoms with Crippen molar-refractivity contribution in [3.8, 4) is 0 Å². The van der Waals surface area contributed by atoms with Gasteiger partial charge in [-0.05, 0) is 6.42 Å². The topological polar surface area (TPSA) is 60.4 Å². The Morgan fingerprint density at radius 3 is 2.77 bits per heavy atom. The molecule has 2 saturated heterocycles. The van der Waals surface area contributed by atoms with Gasteiger partial charge in [0, 0.05) is 11.8 Å². The molecule has 66 valence electrons. The van der Waals surface area contributed by atoms with Gasteiger partial charge in [0.15, 0.2) is 0 Å². The number of aliphatic carboxylic acids is 1. The summed E-state index contributed by atoms with van der Waals surface area (Å²) in [6, 6.07) is 0. The van der Waals surface area contributed by atoms with Crippen molar-refractivity contribution < 1.29 is 44.3 Å². The number of thioether (sulfide) groups is 1. The fourth-order valence-corrected chi connectivity index (χ4v) is 2.84. The molecule has 0 radical (unpaired) electrons. The summed E-state index contributed by atoms with van der Waals surface area (Å²) < 4.78 is 0. The maximum Gasteiger partial charge on any atom is 1.00 e. The predicted octanol–water partition coefficient (Wildman–Crippen LogP) is -4.20. The molecule has 0 aromatic carbocycles. The quantitative estimate of drug-likeness (QED) is 0.324. The first kappa shape index (κ1) is 11.4. The summed E-state index contributed by atoms with van der Waals surface area (Å²) in [6.07, 6.45) is 1.02. The Morgan fingerprint density at radius 1 is 1.62 bits per heavy atom. The summed E-state index contributed by atoms with van der Waals surface area (Å²) in [7, 11) is 0. The number of hydrogen-bond donors (Lipinski definition) is 0. The van der Waals surface area contributed by atoms with Gasteiger partial charge in [-0.25, -0.2) is 0 Å². The third kappa shape index (κ3) is 2.03. The molecule has 2 aliphatic rings. The number of carbonyl (C=O) groups is 2. The maximum absolute atomic E-state index is 10.9. The van der Waals surface area contributed by atoms with Gasteiger partial charge >= 0.3 is 29.6 Å². The average Bonchev–Trinajstić information content (AvgIpc) is 2.01. The third-order valence-electron chi connectivity index (χ3n) is 2.23. The summed E-state index contributed by atoms with van der Waals surface area (Å²) in [4.78, 5) is 23.1. The zero-order chi connectivity index (χ0) is 8.72. The summed E-state index contributed by atoms with van der Waals surface area (Å²) in [5.74, 6) is -0.858. The molecule has 2 atom stereocenters. The van der Waals surface area contributed by atoms with Crippen LogP contribution in [0.5, 0.6) is 0 Å². The number of β-lactam (4-membered cyclic amide) rings is 1. The molecule has 1 amide bonds. The van der Waals surface area contributed by atoms with Gasteiger partial charge < -0.3 is 14.8 Å². The SMILES string of the molecule is O=C([O-])C1CCN2C(=O)C[C@H]2S1.[Na+]. The second-order valence-electron chi connectivity index (χ2n) is 2.98. The first-order valence-electron chi connectivity index (χ1n) is 3.84. The first-order chi connectivity index (χ1) is 5.68. The van der Waals surface area contributed by atoms with Gasteiger partial charge in [-0.15, -0.1) is 11.8 Å². The largest absolute Gasteiger partial charge is 1.00 e. The van der Waals surface area contributed by atoms with Crippen molar-refractivity contribution in [2.24, 2.45) is 0 Å². The normalized spacial score (nSPS) is 31.4. The molecule has 0 spiro atoms. The van der Waals surface area contributed by atoms with Gasteiger partial charge in [0.25, 0.3) is 0 Å². The van der Waals surface area contributed by atoms with Gasteiger partial charge in [-0.2, -0.15) is 0 Å². The minimum absolute atomic E-state index is 0. The van der Waals surface area contributed by atoms with Crippen LogP contribution in [0.2, 0.25) is 0 Å². The Balaban J connectivity index is 0.000000845. The number of hydrogen-bond acceptors (Lipinski definition) is 4. The molecule has 0 aromatic heterocycles. The fourth-order valence-electron chi connectivity index (χ4n) is 1.50. The van der Waals surface area contributed by atoms with E-state index in [1.54, 1.807) is 4.90 Å². The zero-order valence-electron chi connectivity index (χ0n) is 7.36. The standard InChI is InChI=1S/C7H9NO3S.Na/c9-5-3-6-8(5)2-1-4(12-6)7(10)11;/h4,6H,1-3H2,(H,10,11);/q;+1/p-1/t4?,6-;/m1./s1. The van der Waals surface area contributed by atoms with E-state index in [1.165, 1.54) is 11.8 Å². The van der Waals surface area contributed by atoms with E-state index < -0.39 is 11.2 Å². The minimum Gasteiger partial charge on any atom is -0.549 e. The molecule has 0 saturated carbocycles. The first-order valence-corrected chi connectivity index (χ1v) is 4.78. The van der Waals surface area contributed by atoms with Gasteiger partial charge in [-0.1, -0.05) is 0 Å². The predicted molar refractivity (Wildman–Crippen MR) is 41.1 cm³/mol. The molecule has 1 unspecified atom stereocenters. The second kappa shape index (κ2) is 4.21. The van der Waals surface area contributed by atoms with E-state index >= 15 is 0 Å². The van der Waals surface area contributed by atoms with E-state index in [0.717, 1.165) is 0 Å². The number of carboxylic acid groups (broad SMARTS) is 1. The molecule has 0 aliphatic carbocycles. The van der Waals surface area contributed by atoms with Crippen molar-refractivity contribution >= 4 is 23.6 Å². The molecule has 0 N–H and O–H groups in total. The minimum atomic E-state index is -1.00. The number of nitrogens with zero attached hydrogens (tertiary/aromatic N) is 1. The van der Waals surface area contributed by atoms with E-state index in [9.17, 15) is 14.7 Å². The van der Waals surface area contributed by atoms with Crippen LogP contribution in [0.3, 0.4) is 0 Å². The Kier molecular flexibility index (Phi) is 3.68. The number of rotatable bonds is 1. The van der Waals surface area contributed by atoms with Crippen LogP contribution in [0.25, 0.3) is 0 Å². The van der Waals surface area contributed by atoms with Crippen LogP contribution in [-0.2, 0) is 9.59 Å². The Morgan fingerprint density at radius 2 is 2.31 bits per heavy atom. The number of fused-ring (bicyclic) bond motifs is 1. The fraction of sp³-hybridized carbons (Fsp3) is 0.714. The summed E-state index contributed by atoms with van der Waals surface area (Å²) in [5.41, 5.74) is 0. The Hall–Kier alpha value is 0.290. The van der Waals surface area contributed by atoms with Crippen LogP contribution in [0, 0.1) is 0 Å². The monoisotopic (exact) mass is 209 g/mol. The smallest absolute Gasteiger partial charge is 0.549 e. The van der Waals surface area contributed by atoms with Crippen LogP contribution in [-0.4, -0.2) is 33.9 Å². The molecular weight excluding hydrogens is 201 g/mol. The van der Waals surface area contributed by atoms with Crippen molar-refractivity contribution in [2.75, 3.05) is 6.54 Å². The van der Waals surface area contributed by atoms with Crippen LogP contribution >= 0.6 is 11.8 Å². The van der Waals surface area contributed by atoms with Gasteiger partial charge in [-0.3, -0.25) is 4.79 Å². The van der Waals surface area contributed by atoms with E-state index in [0.29, 0.717) is 19.4 Å². The van der Waals surface area contributed by atoms with Gasteiger partial charge in [0.1, 0.15) is 0 Å². The molecule has 0 aromatic rings. The van der Waals surface area contributed by atoms with E-state index in [2.05, 4.69) is 0 Å². The summed E-state index contributed by atoms with van der Waals surface area (Å²) in [5, 5.41) is 10.2. The molecule has 6 heteroatoms. The number of carbonyl (C=O) groups excluding carboxylic acids is 2. The number of amides is 1. The summed E-state index contributed by atoms with van der Waals surface area (Å²) in [6.45, 7) is 0.579. The molecule has 13 heavy (non-hydrogen) atoms. The van der Waals surface area contributed by atoms with Crippen molar-refractivity contribution in [1.82, 2.24) is 4.90 Å². The average molecular weight is 209 g/mol. The molecule has 2 heterocycles. The van der Waals surface area contributed by atoms with Crippen molar-refractivity contribution in [3.63, 3.8) is 0 Å². The maximum atomic E-state index is 10.9. The molecule has 2 aliphatic heterocycles. The molecule has 2 fully saturated rings. The Labute approximate surface area is 102 Å². The van der Waals surface area contributed by atoms with Crippen LogP contribution < -0.4 is 34.7 Å². The van der Waals surface area contributed by atoms with Crippen LogP contribution in [0.1, 0.15) is 12.8 Å². The second-order valence-corrected chi connectivity index (χ2v) is 4.36. The van der Waals surface area contributed by atoms with Crippen LogP contribution in [0.15, 0.2) is 0 Å². The zero-order valence-corrected chi connectivity index (χ0v) is 10.2. The van der Waals surface area contributed by atoms with Gasteiger partial charge in [0.05, 0.1) is 17.8 Å². The number of carboxylic acids is 1. The molecule has 4 nitrogen and oxygen atoms in total. The molecule has 2 rings (SSSR count). The Bertz CT molecular complexity index is 248. The van der Waals surface area contributed by atoms with Crippen molar-refractivity contribution in [2.45, 2.75) is 23.5 Å². The van der Waals surface area contributed by atoms with Crippen LogP contribution in [0.4, 0.5) is 0 Å². The molecular formula is C7H8NNaO3S. The third-order valence-corrected chi connectivity index (χ3v) is 3.73. The van der Waals surface area contributed by atoms with E-state index in [1.807, 2.05) is 0 Å². The summed E-state index contributed by atoms with van der Waals surface area (Å²) >= 11 is 1.34. The van der Waals surface area contributed by atoms with E-state index in [4.69, 9.17) is 0 Å². The van der Waals surface area contributed by atoms with E-state index in [-0.39, 0.29) is 40.8 Å².